The summed E-state index contributed by atoms with van der Waals surface area (Å²) in [5.41, 5.74) is 2.46. The molecular formula is C18H29ClN2. The molecule has 2 rings (SSSR count). The molecular weight excluding hydrogens is 280 g/mol. The zero-order valence-corrected chi connectivity index (χ0v) is 14.6. The molecule has 0 radical (unpaired) electrons. The number of nitrogens with zero attached hydrogens (tertiary/aromatic N) is 1. The lowest BCUT2D eigenvalue weighted by Crippen LogP contribution is -2.31. The Morgan fingerprint density at radius 2 is 1.76 bits per heavy atom. The molecule has 0 saturated heterocycles. The number of rotatable bonds is 8. The van der Waals surface area contributed by atoms with Crippen molar-refractivity contribution in [2.24, 2.45) is 11.8 Å². The normalized spacial score (nSPS) is 15.0. The summed E-state index contributed by atoms with van der Waals surface area (Å²) in [6, 6.07) is 7.27. The van der Waals surface area contributed by atoms with Gasteiger partial charge in [-0.15, -0.1) is 0 Å². The molecule has 2 nitrogen and oxygen atoms in total. The van der Waals surface area contributed by atoms with Gasteiger partial charge in [-0.2, -0.15) is 0 Å². The molecule has 1 N–H and O–H groups in total. The lowest BCUT2D eigenvalue weighted by Gasteiger charge is -2.29. The Kier molecular flexibility index (Phi) is 5.95. The first-order chi connectivity index (χ1) is 9.95. The van der Waals surface area contributed by atoms with Crippen molar-refractivity contribution in [3.05, 3.63) is 28.8 Å². The lowest BCUT2D eigenvalue weighted by molar-refractivity contribution is 0.552. The Balaban J connectivity index is 2.07. The molecule has 0 bridgehead atoms. The van der Waals surface area contributed by atoms with Crippen molar-refractivity contribution in [1.82, 2.24) is 5.32 Å². The molecule has 0 unspecified atom stereocenters. The molecule has 3 heteroatoms. The quantitative estimate of drug-likeness (QED) is 0.748. The maximum Gasteiger partial charge on any atom is 0.0642 e. The highest BCUT2D eigenvalue weighted by molar-refractivity contribution is 6.33. The summed E-state index contributed by atoms with van der Waals surface area (Å²) in [7, 11) is 0. The number of nitrogens with one attached hydrogen (secondary N) is 1. The Labute approximate surface area is 134 Å². The van der Waals surface area contributed by atoms with Crippen molar-refractivity contribution in [2.45, 2.75) is 53.1 Å². The molecule has 1 aromatic carbocycles. The van der Waals surface area contributed by atoms with E-state index in [2.05, 4.69) is 56.1 Å². The van der Waals surface area contributed by atoms with Crippen LogP contribution in [0.15, 0.2) is 18.2 Å². The second-order valence-corrected chi connectivity index (χ2v) is 7.54. The maximum atomic E-state index is 6.55. The van der Waals surface area contributed by atoms with Crippen molar-refractivity contribution in [2.75, 3.05) is 18.0 Å². The van der Waals surface area contributed by atoms with Gasteiger partial charge in [0.2, 0.25) is 0 Å². The van der Waals surface area contributed by atoms with Gasteiger partial charge in [0.05, 0.1) is 10.7 Å². The summed E-state index contributed by atoms with van der Waals surface area (Å²) < 4.78 is 0. The molecule has 0 spiro atoms. The van der Waals surface area contributed by atoms with Crippen molar-refractivity contribution >= 4 is 17.3 Å². The molecule has 1 aliphatic rings. The first kappa shape index (κ1) is 16.6. The van der Waals surface area contributed by atoms with Crippen molar-refractivity contribution in [3.63, 3.8) is 0 Å². The van der Waals surface area contributed by atoms with Crippen LogP contribution >= 0.6 is 11.6 Å². The fourth-order valence-electron chi connectivity index (χ4n) is 2.62. The Morgan fingerprint density at radius 3 is 2.24 bits per heavy atom. The van der Waals surface area contributed by atoms with Crippen LogP contribution < -0.4 is 10.2 Å². The van der Waals surface area contributed by atoms with E-state index < -0.39 is 0 Å². The molecule has 1 aromatic rings. The van der Waals surface area contributed by atoms with Gasteiger partial charge in [-0.25, -0.2) is 0 Å². The van der Waals surface area contributed by atoms with E-state index in [1.165, 1.54) is 24.1 Å². The average molecular weight is 309 g/mol. The van der Waals surface area contributed by atoms with Crippen LogP contribution in [0.5, 0.6) is 0 Å². The van der Waals surface area contributed by atoms with Gasteiger partial charge in [-0.3, -0.25) is 0 Å². The molecule has 1 fully saturated rings. The van der Waals surface area contributed by atoms with Gasteiger partial charge in [0.1, 0.15) is 0 Å². The maximum absolute atomic E-state index is 6.55. The van der Waals surface area contributed by atoms with Crippen molar-refractivity contribution < 1.29 is 0 Å². The van der Waals surface area contributed by atoms with E-state index in [-0.39, 0.29) is 0 Å². The highest BCUT2D eigenvalue weighted by atomic mass is 35.5. The van der Waals surface area contributed by atoms with Gasteiger partial charge in [0, 0.05) is 25.7 Å². The number of halogens is 1. The summed E-state index contributed by atoms with van der Waals surface area (Å²) in [5, 5.41) is 4.42. The first-order valence-corrected chi connectivity index (χ1v) is 8.60. The topological polar surface area (TPSA) is 15.3 Å². The molecule has 1 aliphatic carbocycles. The van der Waals surface area contributed by atoms with E-state index in [9.17, 15) is 0 Å². The van der Waals surface area contributed by atoms with Gasteiger partial charge < -0.3 is 10.2 Å². The summed E-state index contributed by atoms with van der Waals surface area (Å²) in [6.07, 6.45) is 2.64. The van der Waals surface area contributed by atoms with Crippen LogP contribution in [-0.2, 0) is 6.54 Å². The smallest absolute Gasteiger partial charge is 0.0642 e. The number of hydrogen-bond donors (Lipinski definition) is 1. The minimum absolute atomic E-state index is 0.635. The van der Waals surface area contributed by atoms with E-state index in [0.29, 0.717) is 11.8 Å². The molecule has 0 heterocycles. The predicted molar refractivity (Wildman–Crippen MR) is 93.2 cm³/mol. The summed E-state index contributed by atoms with van der Waals surface area (Å²) in [5.74, 6) is 1.27. The first-order valence-electron chi connectivity index (χ1n) is 8.22. The average Bonchev–Trinajstić information content (AvgIpc) is 3.18. The monoisotopic (exact) mass is 308 g/mol. The fourth-order valence-corrected chi connectivity index (χ4v) is 2.94. The Morgan fingerprint density at radius 1 is 1.14 bits per heavy atom. The third-order valence-corrected chi connectivity index (χ3v) is 4.00. The highest BCUT2D eigenvalue weighted by Crippen LogP contribution is 2.29. The minimum atomic E-state index is 0.635. The van der Waals surface area contributed by atoms with Crippen molar-refractivity contribution in [3.8, 4) is 0 Å². The molecule has 1 saturated carbocycles. The third kappa shape index (κ3) is 5.52. The fraction of sp³-hybridized carbons (Fsp3) is 0.667. The third-order valence-electron chi connectivity index (χ3n) is 3.70. The van der Waals surface area contributed by atoms with Crippen LogP contribution in [0.4, 0.5) is 5.69 Å². The van der Waals surface area contributed by atoms with Crippen LogP contribution in [0, 0.1) is 11.8 Å². The van der Waals surface area contributed by atoms with Gasteiger partial charge in [0.15, 0.2) is 0 Å². The van der Waals surface area contributed by atoms with E-state index in [0.717, 1.165) is 30.7 Å². The van der Waals surface area contributed by atoms with Gasteiger partial charge in [-0.1, -0.05) is 45.4 Å². The van der Waals surface area contributed by atoms with Crippen LogP contribution in [0.25, 0.3) is 0 Å². The van der Waals surface area contributed by atoms with Crippen molar-refractivity contribution in [1.29, 1.82) is 0 Å². The van der Waals surface area contributed by atoms with Gasteiger partial charge in [0.25, 0.3) is 0 Å². The Hall–Kier alpha value is -0.730. The number of anilines is 1. The highest BCUT2D eigenvalue weighted by Gasteiger charge is 2.20. The lowest BCUT2D eigenvalue weighted by atomic mass is 10.1. The van der Waals surface area contributed by atoms with Crippen LogP contribution in [-0.4, -0.2) is 19.1 Å². The van der Waals surface area contributed by atoms with Crippen LogP contribution in [0.2, 0.25) is 5.02 Å². The van der Waals surface area contributed by atoms with Gasteiger partial charge >= 0.3 is 0 Å². The van der Waals surface area contributed by atoms with E-state index in [4.69, 9.17) is 11.6 Å². The molecule has 118 valence electrons. The van der Waals surface area contributed by atoms with E-state index >= 15 is 0 Å². The second-order valence-electron chi connectivity index (χ2n) is 7.13. The van der Waals surface area contributed by atoms with Crippen LogP contribution in [0.1, 0.15) is 46.1 Å². The Bertz CT molecular complexity index is 443. The summed E-state index contributed by atoms with van der Waals surface area (Å²) in [4.78, 5) is 2.43. The number of benzene rings is 1. The molecule has 21 heavy (non-hydrogen) atoms. The van der Waals surface area contributed by atoms with Crippen LogP contribution in [0.3, 0.4) is 0 Å². The molecule has 0 aliphatic heterocycles. The molecule has 0 atom stereocenters. The standard InChI is InChI=1S/C18H29ClN2/c1-13(2)11-21(12-14(3)4)18-8-5-15(9-17(18)19)10-20-16-6-7-16/h5,8-9,13-14,16,20H,6-7,10-12H2,1-4H3. The summed E-state index contributed by atoms with van der Waals surface area (Å²) in [6.45, 7) is 12.1. The summed E-state index contributed by atoms with van der Waals surface area (Å²) >= 11 is 6.55. The van der Waals surface area contributed by atoms with E-state index in [1.54, 1.807) is 0 Å². The largest absolute Gasteiger partial charge is 0.370 e. The second kappa shape index (κ2) is 7.51. The SMILES string of the molecule is CC(C)CN(CC(C)C)c1ccc(CNC2CC2)cc1Cl. The minimum Gasteiger partial charge on any atom is -0.370 e. The molecule has 0 amide bonds. The van der Waals surface area contributed by atoms with Gasteiger partial charge in [-0.05, 0) is 42.4 Å². The zero-order chi connectivity index (χ0) is 15.4. The zero-order valence-electron chi connectivity index (χ0n) is 13.8. The molecule has 0 aromatic heterocycles. The van der Waals surface area contributed by atoms with E-state index in [1.807, 2.05) is 0 Å². The predicted octanol–water partition coefficient (Wildman–Crippen LogP) is 4.71. The number of hydrogen-bond acceptors (Lipinski definition) is 2.